The number of halogens is 3. The van der Waals surface area contributed by atoms with E-state index in [9.17, 15) is 18.0 Å². The number of carbonyl (C=O) groups excluding carboxylic acids is 1. The Kier molecular flexibility index (Phi) is 4.81. The summed E-state index contributed by atoms with van der Waals surface area (Å²) in [7, 11) is 1.52. The third-order valence-corrected chi connectivity index (χ3v) is 6.91. The average molecular weight is 438 g/mol. The number of allylic oxidation sites excluding steroid dienone is 3. The molecule has 0 N–H and O–H groups in total. The number of rotatable bonds is 4. The van der Waals surface area contributed by atoms with Gasteiger partial charge in [0.1, 0.15) is 22.7 Å². The van der Waals surface area contributed by atoms with Crippen LogP contribution in [0.5, 0.6) is 0 Å². The molecule has 0 radical (unpaired) electrons. The van der Waals surface area contributed by atoms with Crippen LogP contribution < -0.4 is 4.48 Å². The van der Waals surface area contributed by atoms with Crippen molar-refractivity contribution in [2.45, 2.75) is 56.9 Å². The zero-order chi connectivity index (χ0) is 21.9. The largest absolute Gasteiger partial charge is 0.574 e. The van der Waals surface area contributed by atoms with E-state index in [-0.39, 0.29) is 17.5 Å². The molecule has 1 spiro atoms. The van der Waals surface area contributed by atoms with Crippen LogP contribution in [0.4, 0.5) is 19.1 Å². The third kappa shape index (κ3) is 2.48. The van der Waals surface area contributed by atoms with Gasteiger partial charge in [-0.2, -0.15) is 4.98 Å². The lowest BCUT2D eigenvalue weighted by Crippen LogP contribution is -2.68. The third-order valence-electron chi connectivity index (χ3n) is 5.98. The maximum absolute atomic E-state index is 14.8. The Morgan fingerprint density at radius 2 is 2.10 bits per heavy atom. The SMILES string of the molecule is CCCC(=O)Sc1cnc2n1C1=C(C)C(OC)=C(C)CC13C=CC=C[N+]23C(F)(F)F. The number of fused-ring (bicyclic) bond motifs is 3. The van der Waals surface area contributed by atoms with E-state index in [2.05, 4.69) is 4.98 Å². The van der Waals surface area contributed by atoms with Crippen LogP contribution in [0.3, 0.4) is 0 Å². The summed E-state index contributed by atoms with van der Waals surface area (Å²) >= 11 is 0.944. The maximum Gasteiger partial charge on any atom is 0.574 e. The first-order valence-electron chi connectivity index (χ1n) is 9.72. The smallest absolute Gasteiger partial charge is 0.496 e. The molecule has 0 aromatic carbocycles. The van der Waals surface area contributed by atoms with Crippen LogP contribution in [0.1, 0.15) is 40.0 Å². The molecule has 0 fully saturated rings. The maximum atomic E-state index is 14.8. The molecular formula is C21H23F3N3O2S+. The van der Waals surface area contributed by atoms with Gasteiger partial charge in [-0.3, -0.25) is 4.79 Å². The summed E-state index contributed by atoms with van der Waals surface area (Å²) < 4.78 is 50.2. The number of methoxy groups -OCH3 is 1. The van der Waals surface area contributed by atoms with E-state index in [0.29, 0.717) is 34.9 Å². The topological polar surface area (TPSA) is 44.1 Å². The second-order valence-corrected chi connectivity index (χ2v) is 8.81. The highest BCUT2D eigenvalue weighted by atomic mass is 32.2. The minimum absolute atomic E-state index is 0.100. The highest BCUT2D eigenvalue weighted by molar-refractivity contribution is 8.13. The predicted octanol–water partition coefficient (Wildman–Crippen LogP) is 5.52. The van der Waals surface area contributed by atoms with Gasteiger partial charge in [-0.05, 0) is 49.8 Å². The zero-order valence-corrected chi connectivity index (χ0v) is 18.0. The predicted molar refractivity (Wildman–Crippen MR) is 110 cm³/mol. The van der Waals surface area contributed by atoms with Crippen molar-refractivity contribution in [1.82, 2.24) is 14.0 Å². The van der Waals surface area contributed by atoms with Crippen LogP contribution in [-0.4, -0.2) is 33.6 Å². The summed E-state index contributed by atoms with van der Waals surface area (Å²) in [6, 6.07) is 0. The van der Waals surface area contributed by atoms with Crippen molar-refractivity contribution >= 4 is 28.5 Å². The number of hydrogen-bond acceptors (Lipinski definition) is 4. The van der Waals surface area contributed by atoms with Gasteiger partial charge in [0.2, 0.25) is 0 Å². The minimum Gasteiger partial charge on any atom is -0.496 e. The molecule has 160 valence electrons. The van der Waals surface area contributed by atoms with Gasteiger partial charge in [0, 0.05) is 18.4 Å². The quantitative estimate of drug-likeness (QED) is 0.353. The highest BCUT2D eigenvalue weighted by Gasteiger charge is 2.76. The number of nitrogens with zero attached hydrogens (tertiary/aromatic N) is 3. The van der Waals surface area contributed by atoms with Crippen molar-refractivity contribution < 1.29 is 22.7 Å². The molecular weight excluding hydrogens is 415 g/mol. The number of aromatic nitrogens is 2. The normalized spacial score (nSPS) is 27.3. The number of carbonyl (C=O) groups is 1. The molecule has 1 aromatic heterocycles. The number of imidazole rings is 1. The summed E-state index contributed by atoms with van der Waals surface area (Å²) in [5.41, 5.74) is 0.389. The molecule has 3 aliphatic rings. The molecule has 4 rings (SSSR count). The number of quaternary nitrogens is 1. The number of alkyl halides is 3. The van der Waals surface area contributed by atoms with Gasteiger partial charge in [0.15, 0.2) is 10.7 Å². The van der Waals surface area contributed by atoms with Crippen LogP contribution in [0.25, 0.3) is 5.70 Å². The molecule has 1 aliphatic carbocycles. The Morgan fingerprint density at radius 3 is 2.73 bits per heavy atom. The molecule has 1 aromatic rings. The fourth-order valence-electron chi connectivity index (χ4n) is 4.98. The van der Waals surface area contributed by atoms with E-state index in [0.717, 1.165) is 23.5 Å². The summed E-state index contributed by atoms with van der Waals surface area (Å²) in [6.07, 6.45) is 3.70. The van der Waals surface area contributed by atoms with E-state index in [1.807, 2.05) is 6.92 Å². The van der Waals surface area contributed by atoms with Gasteiger partial charge in [0.25, 0.3) is 0 Å². The van der Waals surface area contributed by atoms with Crippen LogP contribution in [0.15, 0.2) is 52.6 Å². The Bertz CT molecular complexity index is 1050. The molecule has 2 aliphatic heterocycles. The van der Waals surface area contributed by atoms with Crippen molar-refractivity contribution in [2.24, 2.45) is 0 Å². The summed E-state index contributed by atoms with van der Waals surface area (Å²) in [5.74, 6) is 0.422. The molecule has 3 heterocycles. The van der Waals surface area contributed by atoms with Crippen LogP contribution >= 0.6 is 11.8 Å². The van der Waals surface area contributed by atoms with Crippen molar-refractivity contribution in [3.05, 3.63) is 47.5 Å². The molecule has 2 atom stereocenters. The lowest BCUT2D eigenvalue weighted by Gasteiger charge is -2.45. The Balaban J connectivity index is 2.06. The van der Waals surface area contributed by atoms with Gasteiger partial charge in [-0.15, -0.1) is 17.7 Å². The minimum atomic E-state index is -4.65. The molecule has 0 bridgehead atoms. The van der Waals surface area contributed by atoms with Gasteiger partial charge in [-0.25, -0.2) is 4.57 Å². The Labute approximate surface area is 177 Å². The molecule has 5 nitrogen and oxygen atoms in total. The highest BCUT2D eigenvalue weighted by Crippen LogP contribution is 2.62. The van der Waals surface area contributed by atoms with Crippen molar-refractivity contribution in [3.8, 4) is 0 Å². The fourth-order valence-corrected chi connectivity index (χ4v) is 5.89. The lowest BCUT2D eigenvalue weighted by molar-refractivity contribution is -0.236. The molecule has 2 unspecified atom stereocenters. The second kappa shape index (κ2) is 6.88. The Morgan fingerprint density at radius 1 is 1.37 bits per heavy atom. The summed E-state index contributed by atoms with van der Waals surface area (Å²) in [4.78, 5) is 16.6. The van der Waals surface area contributed by atoms with E-state index in [4.69, 9.17) is 4.74 Å². The molecule has 9 heteroatoms. The fraction of sp³-hybridized carbons (Fsp3) is 0.429. The van der Waals surface area contributed by atoms with Crippen LogP contribution in [-0.2, 0) is 9.53 Å². The Hall–Kier alpha value is -2.26. The number of thioether (sulfide) groups is 1. The molecule has 0 amide bonds. The van der Waals surface area contributed by atoms with E-state index >= 15 is 0 Å². The second-order valence-electron chi connectivity index (χ2n) is 7.74. The lowest BCUT2D eigenvalue weighted by atomic mass is 9.77. The van der Waals surface area contributed by atoms with E-state index in [1.54, 1.807) is 26.0 Å². The number of hydrogen-bond donors (Lipinski definition) is 0. The molecule has 0 saturated carbocycles. The summed E-state index contributed by atoms with van der Waals surface area (Å²) in [6.45, 7) is 5.46. The van der Waals surface area contributed by atoms with Crippen LogP contribution in [0.2, 0.25) is 0 Å². The monoisotopic (exact) mass is 438 g/mol. The van der Waals surface area contributed by atoms with Gasteiger partial charge in [0.05, 0.1) is 13.3 Å². The first kappa shape index (κ1) is 21.0. The number of ether oxygens (including phenoxy) is 1. The standard InChI is InChI=1S/C21H23F3N3O2S/c1-5-8-16(28)30-15-12-25-19-26(15)18-14(3)17(29-4)13(2)11-20(18)9-6-7-10-27(19,20)21(22,23)24/h6-7,9-10,12H,5,8,11H2,1-4H3/q+1. The van der Waals surface area contributed by atoms with Gasteiger partial charge >= 0.3 is 12.2 Å². The van der Waals surface area contributed by atoms with Gasteiger partial charge in [-0.1, -0.05) is 13.0 Å². The van der Waals surface area contributed by atoms with E-state index < -0.39 is 16.3 Å². The first-order valence-corrected chi connectivity index (χ1v) is 10.5. The van der Waals surface area contributed by atoms with Crippen molar-refractivity contribution in [1.29, 1.82) is 0 Å². The van der Waals surface area contributed by atoms with Gasteiger partial charge < -0.3 is 4.74 Å². The van der Waals surface area contributed by atoms with Crippen molar-refractivity contribution in [2.75, 3.05) is 7.11 Å². The first-order chi connectivity index (χ1) is 14.1. The van der Waals surface area contributed by atoms with E-state index in [1.165, 1.54) is 23.9 Å². The zero-order valence-electron chi connectivity index (χ0n) is 17.2. The van der Waals surface area contributed by atoms with Crippen molar-refractivity contribution in [3.63, 3.8) is 0 Å². The molecule has 0 saturated heterocycles. The van der Waals surface area contributed by atoms with Crippen LogP contribution in [0, 0.1) is 0 Å². The summed E-state index contributed by atoms with van der Waals surface area (Å²) in [5, 5.41) is 0.293. The molecule has 30 heavy (non-hydrogen) atoms. The average Bonchev–Trinajstić information content (AvgIpc) is 3.16.